The van der Waals surface area contributed by atoms with Crippen molar-refractivity contribution in [3.8, 4) is 11.4 Å². The van der Waals surface area contributed by atoms with Crippen molar-refractivity contribution in [2.24, 2.45) is 0 Å². The van der Waals surface area contributed by atoms with Gasteiger partial charge in [0.2, 0.25) is 0 Å². The number of methoxy groups -OCH3 is 1. The van der Waals surface area contributed by atoms with Gasteiger partial charge in [0.1, 0.15) is 11.6 Å². The molecule has 8 nitrogen and oxygen atoms in total. The van der Waals surface area contributed by atoms with Crippen molar-refractivity contribution >= 4 is 16.8 Å². The van der Waals surface area contributed by atoms with Crippen molar-refractivity contribution in [2.45, 2.75) is 13.5 Å². The zero-order chi connectivity index (χ0) is 23.7. The van der Waals surface area contributed by atoms with Crippen molar-refractivity contribution in [1.29, 1.82) is 0 Å². The summed E-state index contributed by atoms with van der Waals surface area (Å²) in [6, 6.07) is 13.9. The zero-order valence-corrected chi connectivity index (χ0v) is 19.1. The molecular formula is C25H25FN6O2. The Kier molecular flexibility index (Phi) is 5.93. The lowest BCUT2D eigenvalue weighted by Crippen LogP contribution is -2.48. The Morgan fingerprint density at radius 2 is 1.88 bits per heavy atom. The second-order valence-corrected chi connectivity index (χ2v) is 8.37. The topological polar surface area (TPSA) is 76.4 Å². The van der Waals surface area contributed by atoms with E-state index in [0.717, 1.165) is 33.7 Å². The highest BCUT2D eigenvalue weighted by Gasteiger charge is 2.24. The highest BCUT2D eigenvalue weighted by Crippen LogP contribution is 2.26. The maximum absolute atomic E-state index is 14.0. The molecule has 2 aromatic carbocycles. The Balaban J connectivity index is 1.28. The molecule has 3 heterocycles. The first-order chi connectivity index (χ1) is 16.5. The van der Waals surface area contributed by atoms with Crippen molar-refractivity contribution in [2.75, 3.05) is 33.3 Å². The number of fused-ring (bicyclic) bond motifs is 1. The fourth-order valence-electron chi connectivity index (χ4n) is 4.26. The van der Waals surface area contributed by atoms with E-state index < -0.39 is 5.82 Å². The van der Waals surface area contributed by atoms with Crippen LogP contribution in [0.2, 0.25) is 0 Å². The molecule has 0 spiro atoms. The Bertz CT molecular complexity index is 1350. The van der Waals surface area contributed by atoms with Gasteiger partial charge in [-0.05, 0) is 43.3 Å². The van der Waals surface area contributed by atoms with E-state index >= 15 is 0 Å². The number of piperazine rings is 1. The molecule has 2 aromatic heterocycles. The van der Waals surface area contributed by atoms with Crippen LogP contribution in [0.3, 0.4) is 0 Å². The predicted octanol–water partition coefficient (Wildman–Crippen LogP) is 3.23. The summed E-state index contributed by atoms with van der Waals surface area (Å²) in [6.45, 7) is 5.01. The van der Waals surface area contributed by atoms with Crippen molar-refractivity contribution in [3.63, 3.8) is 0 Å². The number of aryl methyl sites for hydroxylation is 1. The van der Waals surface area contributed by atoms with Gasteiger partial charge in [0, 0.05) is 43.8 Å². The minimum Gasteiger partial charge on any atom is -0.497 e. The molecule has 1 fully saturated rings. The van der Waals surface area contributed by atoms with Gasteiger partial charge in [-0.2, -0.15) is 0 Å². The molecule has 0 saturated carbocycles. The first-order valence-corrected chi connectivity index (χ1v) is 11.1. The largest absolute Gasteiger partial charge is 0.497 e. The second kappa shape index (κ2) is 9.18. The van der Waals surface area contributed by atoms with Crippen LogP contribution in [0.1, 0.15) is 21.7 Å². The fraction of sp³-hybridized carbons (Fsp3) is 0.280. The normalized spacial score (nSPS) is 14.5. The number of carbonyl (C=O) groups excluding carboxylic acids is 1. The highest BCUT2D eigenvalue weighted by atomic mass is 19.1. The molecule has 0 aliphatic carbocycles. The summed E-state index contributed by atoms with van der Waals surface area (Å²) >= 11 is 0. The van der Waals surface area contributed by atoms with E-state index in [1.54, 1.807) is 28.8 Å². The molecular weight excluding hydrogens is 435 g/mol. The number of amides is 1. The summed E-state index contributed by atoms with van der Waals surface area (Å²) in [5, 5.41) is 9.66. The Labute approximate surface area is 196 Å². The van der Waals surface area contributed by atoms with Gasteiger partial charge in [-0.3, -0.25) is 14.7 Å². The lowest BCUT2D eigenvalue weighted by molar-refractivity contribution is 0.0622. The van der Waals surface area contributed by atoms with Gasteiger partial charge in [0.25, 0.3) is 5.91 Å². The number of rotatable bonds is 5. The number of aromatic nitrogens is 4. The third kappa shape index (κ3) is 4.34. The van der Waals surface area contributed by atoms with E-state index in [1.165, 1.54) is 12.1 Å². The van der Waals surface area contributed by atoms with E-state index in [0.29, 0.717) is 32.7 Å². The molecule has 5 rings (SSSR count). The number of ether oxygens (including phenoxy) is 1. The van der Waals surface area contributed by atoms with E-state index in [-0.39, 0.29) is 11.5 Å². The summed E-state index contributed by atoms with van der Waals surface area (Å²) < 4.78 is 21.1. The molecule has 4 aromatic rings. The molecule has 1 aliphatic rings. The maximum atomic E-state index is 14.0. The van der Waals surface area contributed by atoms with E-state index in [1.807, 2.05) is 37.4 Å². The van der Waals surface area contributed by atoms with Crippen LogP contribution in [0.15, 0.2) is 54.7 Å². The molecule has 1 aliphatic heterocycles. The highest BCUT2D eigenvalue weighted by molar-refractivity contribution is 5.94. The monoisotopic (exact) mass is 460 g/mol. The Hall–Kier alpha value is -3.85. The summed E-state index contributed by atoms with van der Waals surface area (Å²) in [6.07, 6.45) is 1.92. The first-order valence-electron chi connectivity index (χ1n) is 11.1. The van der Waals surface area contributed by atoms with E-state index in [9.17, 15) is 9.18 Å². The summed E-state index contributed by atoms with van der Waals surface area (Å²) in [7, 11) is 1.64. The quantitative estimate of drug-likeness (QED) is 0.455. The molecule has 0 unspecified atom stereocenters. The van der Waals surface area contributed by atoms with Gasteiger partial charge < -0.3 is 9.64 Å². The van der Waals surface area contributed by atoms with Gasteiger partial charge in [0.05, 0.1) is 35.8 Å². The van der Waals surface area contributed by atoms with Crippen molar-refractivity contribution in [1.82, 2.24) is 29.8 Å². The Morgan fingerprint density at radius 1 is 1.09 bits per heavy atom. The Morgan fingerprint density at radius 3 is 2.65 bits per heavy atom. The summed E-state index contributed by atoms with van der Waals surface area (Å²) in [5.74, 6) is 0.00429. The number of carbonyl (C=O) groups is 1. The van der Waals surface area contributed by atoms with Gasteiger partial charge in [-0.25, -0.2) is 9.07 Å². The number of hydrogen-bond acceptors (Lipinski definition) is 6. The molecule has 1 amide bonds. The van der Waals surface area contributed by atoms with Gasteiger partial charge >= 0.3 is 0 Å². The second-order valence-electron chi connectivity index (χ2n) is 8.37. The standard InChI is InChI=1S/C25H25FN6O2/c1-17-13-24(21-14-19(34-2)7-8-23(21)27-17)32-16-18(28-29-32)15-30-9-11-31(12-10-30)25(33)20-5-3-4-6-22(20)26/h3-8,13-14,16H,9-12,15H2,1-2H3. The third-order valence-corrected chi connectivity index (χ3v) is 6.06. The number of halogens is 1. The molecule has 0 bridgehead atoms. The van der Waals surface area contributed by atoms with Gasteiger partial charge in [0.15, 0.2) is 0 Å². The number of benzene rings is 2. The lowest BCUT2D eigenvalue weighted by atomic mass is 10.1. The fourth-order valence-corrected chi connectivity index (χ4v) is 4.26. The molecule has 0 N–H and O–H groups in total. The van der Waals surface area contributed by atoms with Crippen LogP contribution >= 0.6 is 0 Å². The molecule has 0 radical (unpaired) electrons. The van der Waals surface area contributed by atoms with Crippen LogP contribution in [0.4, 0.5) is 4.39 Å². The lowest BCUT2D eigenvalue weighted by Gasteiger charge is -2.34. The number of pyridine rings is 1. The molecule has 9 heteroatoms. The van der Waals surface area contributed by atoms with Crippen LogP contribution in [0.25, 0.3) is 16.6 Å². The smallest absolute Gasteiger partial charge is 0.256 e. The van der Waals surface area contributed by atoms with E-state index in [4.69, 9.17) is 4.74 Å². The van der Waals surface area contributed by atoms with Crippen LogP contribution in [-0.4, -0.2) is 69.0 Å². The van der Waals surface area contributed by atoms with Crippen LogP contribution in [-0.2, 0) is 6.54 Å². The zero-order valence-electron chi connectivity index (χ0n) is 19.1. The summed E-state index contributed by atoms with van der Waals surface area (Å²) in [4.78, 5) is 21.2. The third-order valence-electron chi connectivity index (χ3n) is 6.06. The SMILES string of the molecule is COc1ccc2nc(C)cc(-n3cc(CN4CCN(C(=O)c5ccccc5F)CC4)nn3)c2c1. The van der Waals surface area contributed by atoms with Crippen LogP contribution in [0.5, 0.6) is 5.75 Å². The first kappa shape index (κ1) is 22.0. The average Bonchev–Trinajstić information content (AvgIpc) is 3.32. The molecule has 0 atom stereocenters. The molecule has 1 saturated heterocycles. The van der Waals surface area contributed by atoms with Crippen LogP contribution < -0.4 is 4.74 Å². The minimum atomic E-state index is -0.483. The predicted molar refractivity (Wildman–Crippen MR) is 126 cm³/mol. The van der Waals surface area contributed by atoms with Crippen molar-refractivity contribution < 1.29 is 13.9 Å². The van der Waals surface area contributed by atoms with E-state index in [2.05, 4.69) is 20.2 Å². The summed E-state index contributed by atoms with van der Waals surface area (Å²) in [5.41, 5.74) is 3.60. The molecule has 34 heavy (non-hydrogen) atoms. The van der Waals surface area contributed by atoms with Gasteiger partial charge in [-0.15, -0.1) is 5.10 Å². The van der Waals surface area contributed by atoms with Gasteiger partial charge in [-0.1, -0.05) is 17.3 Å². The minimum absolute atomic E-state index is 0.121. The average molecular weight is 461 g/mol. The van der Waals surface area contributed by atoms with Crippen LogP contribution in [0, 0.1) is 12.7 Å². The maximum Gasteiger partial charge on any atom is 0.256 e. The van der Waals surface area contributed by atoms with Crippen molar-refractivity contribution in [3.05, 3.63) is 77.5 Å². The number of hydrogen-bond donors (Lipinski definition) is 0. The molecule has 174 valence electrons. The number of nitrogens with zero attached hydrogens (tertiary/aromatic N) is 6.